The molecule has 2 heterocycles. The maximum atomic E-state index is 11.2. The van der Waals surface area contributed by atoms with E-state index in [-0.39, 0.29) is 12.0 Å². The van der Waals surface area contributed by atoms with Crippen molar-refractivity contribution in [3.63, 3.8) is 0 Å². The largest absolute Gasteiger partial charge is 0.508 e. The number of ether oxygens (including phenoxy) is 1. The molecular weight excluding hydrogens is 326 g/mol. The van der Waals surface area contributed by atoms with Gasteiger partial charge in [-0.05, 0) is 36.6 Å². The number of hydrogen-bond acceptors (Lipinski definition) is 4. The first kappa shape index (κ1) is 17.4. The molecule has 2 aromatic rings. The minimum absolute atomic E-state index is 0.129. The Morgan fingerprint density at radius 1 is 1.15 bits per heavy atom. The lowest BCUT2D eigenvalue weighted by molar-refractivity contribution is -0.0435. The van der Waals surface area contributed by atoms with Gasteiger partial charge in [0.15, 0.2) is 0 Å². The standard InChI is InChI=1S/C22H27NO3/c1-16(17-5-3-2-4-6-17)22(25)9-11-23(12-10-22)15-20-14-18-13-19(24)7-8-21(18)26-20/h2-8,13,16,20,24-25H,9-12,14-15H2,1H3/t16-,20?/m0/s1. The van der Waals surface area contributed by atoms with Crippen molar-refractivity contribution in [3.8, 4) is 11.5 Å². The maximum Gasteiger partial charge on any atom is 0.123 e. The second-order valence-electron chi connectivity index (χ2n) is 7.77. The molecule has 138 valence electrons. The van der Waals surface area contributed by atoms with Crippen LogP contribution in [0.4, 0.5) is 0 Å². The molecule has 2 aromatic carbocycles. The van der Waals surface area contributed by atoms with Crippen LogP contribution in [0.15, 0.2) is 48.5 Å². The van der Waals surface area contributed by atoms with Gasteiger partial charge < -0.3 is 14.9 Å². The van der Waals surface area contributed by atoms with Gasteiger partial charge in [0.1, 0.15) is 17.6 Å². The summed E-state index contributed by atoms with van der Waals surface area (Å²) in [5.74, 6) is 1.32. The van der Waals surface area contributed by atoms with E-state index in [0.717, 1.165) is 50.2 Å². The number of phenols is 1. The lowest BCUT2D eigenvalue weighted by Crippen LogP contribution is -2.49. The minimum Gasteiger partial charge on any atom is -0.508 e. The number of phenolic OH excluding ortho intramolecular Hbond substituents is 1. The molecule has 0 amide bonds. The summed E-state index contributed by atoms with van der Waals surface area (Å²) in [4.78, 5) is 2.39. The smallest absolute Gasteiger partial charge is 0.123 e. The fraction of sp³-hybridized carbons (Fsp3) is 0.455. The Kier molecular flexibility index (Phi) is 4.63. The van der Waals surface area contributed by atoms with Crippen molar-refractivity contribution in [3.05, 3.63) is 59.7 Å². The Morgan fingerprint density at radius 3 is 2.62 bits per heavy atom. The van der Waals surface area contributed by atoms with E-state index in [1.165, 1.54) is 5.56 Å². The molecule has 2 atom stereocenters. The van der Waals surface area contributed by atoms with Gasteiger partial charge in [-0.15, -0.1) is 0 Å². The predicted octanol–water partition coefficient (Wildman–Crippen LogP) is 3.33. The zero-order chi connectivity index (χ0) is 18.1. The summed E-state index contributed by atoms with van der Waals surface area (Å²) in [6.45, 7) is 4.77. The van der Waals surface area contributed by atoms with Gasteiger partial charge in [0.2, 0.25) is 0 Å². The predicted molar refractivity (Wildman–Crippen MR) is 102 cm³/mol. The van der Waals surface area contributed by atoms with Crippen molar-refractivity contribution < 1.29 is 14.9 Å². The van der Waals surface area contributed by atoms with Crippen molar-refractivity contribution >= 4 is 0 Å². The molecule has 2 aliphatic heterocycles. The Labute approximate surface area is 155 Å². The number of aliphatic hydroxyl groups is 1. The summed E-state index contributed by atoms with van der Waals surface area (Å²) in [5, 5.41) is 20.8. The zero-order valence-corrected chi connectivity index (χ0v) is 15.3. The highest BCUT2D eigenvalue weighted by atomic mass is 16.5. The molecule has 2 N–H and O–H groups in total. The third-order valence-electron chi connectivity index (χ3n) is 6.07. The molecule has 0 spiro atoms. The number of nitrogens with zero attached hydrogens (tertiary/aromatic N) is 1. The van der Waals surface area contributed by atoms with E-state index in [1.54, 1.807) is 12.1 Å². The average molecular weight is 353 g/mol. The monoisotopic (exact) mass is 353 g/mol. The number of benzene rings is 2. The lowest BCUT2D eigenvalue weighted by Gasteiger charge is -2.42. The van der Waals surface area contributed by atoms with Crippen LogP contribution in [0.25, 0.3) is 0 Å². The van der Waals surface area contributed by atoms with Gasteiger partial charge in [0, 0.05) is 37.5 Å². The van der Waals surface area contributed by atoms with Crippen LogP contribution in [0.5, 0.6) is 11.5 Å². The third-order valence-corrected chi connectivity index (χ3v) is 6.07. The van der Waals surface area contributed by atoms with E-state index >= 15 is 0 Å². The first-order chi connectivity index (χ1) is 12.5. The lowest BCUT2D eigenvalue weighted by atomic mass is 9.77. The van der Waals surface area contributed by atoms with Crippen LogP contribution in [0.1, 0.15) is 36.8 Å². The van der Waals surface area contributed by atoms with Gasteiger partial charge in [-0.2, -0.15) is 0 Å². The highest BCUT2D eigenvalue weighted by molar-refractivity contribution is 5.42. The molecule has 1 unspecified atom stereocenters. The fourth-order valence-electron chi connectivity index (χ4n) is 4.30. The molecule has 0 saturated carbocycles. The Hall–Kier alpha value is -2.04. The molecule has 0 aromatic heterocycles. The summed E-state index contributed by atoms with van der Waals surface area (Å²) in [7, 11) is 0. The number of fused-ring (bicyclic) bond motifs is 1. The van der Waals surface area contributed by atoms with E-state index in [2.05, 4.69) is 24.0 Å². The summed E-state index contributed by atoms with van der Waals surface area (Å²) in [6.07, 6.45) is 2.53. The van der Waals surface area contributed by atoms with Crippen molar-refractivity contribution in [2.75, 3.05) is 19.6 Å². The van der Waals surface area contributed by atoms with Gasteiger partial charge in [-0.3, -0.25) is 4.90 Å². The average Bonchev–Trinajstić information content (AvgIpc) is 3.05. The molecule has 26 heavy (non-hydrogen) atoms. The molecule has 1 saturated heterocycles. The number of hydrogen-bond donors (Lipinski definition) is 2. The quantitative estimate of drug-likeness (QED) is 0.885. The zero-order valence-electron chi connectivity index (χ0n) is 15.3. The molecule has 0 aliphatic carbocycles. The first-order valence-corrected chi connectivity index (χ1v) is 9.52. The number of aromatic hydroxyl groups is 1. The molecule has 4 nitrogen and oxygen atoms in total. The van der Waals surface area contributed by atoms with Gasteiger partial charge in [-0.1, -0.05) is 37.3 Å². The Balaban J connectivity index is 1.33. The van der Waals surface area contributed by atoms with Gasteiger partial charge in [0.05, 0.1) is 5.60 Å². The number of likely N-dealkylation sites (tertiary alicyclic amines) is 1. The highest BCUT2D eigenvalue weighted by Gasteiger charge is 2.38. The summed E-state index contributed by atoms with van der Waals surface area (Å²) >= 11 is 0. The Morgan fingerprint density at radius 2 is 1.88 bits per heavy atom. The molecule has 0 bridgehead atoms. The van der Waals surface area contributed by atoms with Gasteiger partial charge in [-0.25, -0.2) is 0 Å². The second kappa shape index (κ2) is 6.93. The van der Waals surface area contributed by atoms with E-state index in [1.807, 2.05) is 24.3 Å². The van der Waals surface area contributed by atoms with Crippen LogP contribution < -0.4 is 4.74 Å². The normalized spacial score (nSPS) is 23.2. The van der Waals surface area contributed by atoms with Gasteiger partial charge in [0.25, 0.3) is 0 Å². The van der Waals surface area contributed by atoms with Crippen LogP contribution >= 0.6 is 0 Å². The SMILES string of the molecule is C[C@@H](c1ccccc1)C1(O)CCN(CC2Cc3cc(O)ccc3O2)CC1. The van der Waals surface area contributed by atoms with Crippen LogP contribution in [0.3, 0.4) is 0 Å². The molecule has 1 fully saturated rings. The van der Waals surface area contributed by atoms with Crippen LogP contribution in [-0.4, -0.2) is 46.5 Å². The third kappa shape index (κ3) is 3.44. The molecular formula is C22H27NO3. The van der Waals surface area contributed by atoms with E-state index in [4.69, 9.17) is 4.74 Å². The van der Waals surface area contributed by atoms with Crippen LogP contribution in [-0.2, 0) is 6.42 Å². The van der Waals surface area contributed by atoms with Gasteiger partial charge >= 0.3 is 0 Å². The molecule has 4 heteroatoms. The van der Waals surface area contributed by atoms with Crippen molar-refractivity contribution in [2.24, 2.45) is 0 Å². The van der Waals surface area contributed by atoms with Crippen LogP contribution in [0.2, 0.25) is 0 Å². The second-order valence-corrected chi connectivity index (χ2v) is 7.77. The van der Waals surface area contributed by atoms with E-state index in [0.29, 0.717) is 5.75 Å². The van der Waals surface area contributed by atoms with Crippen molar-refractivity contribution in [1.29, 1.82) is 0 Å². The topological polar surface area (TPSA) is 52.9 Å². The van der Waals surface area contributed by atoms with E-state index < -0.39 is 5.60 Å². The maximum absolute atomic E-state index is 11.2. The summed E-state index contributed by atoms with van der Waals surface area (Å²) < 4.78 is 6.02. The number of piperidine rings is 1. The van der Waals surface area contributed by atoms with E-state index in [9.17, 15) is 10.2 Å². The van der Waals surface area contributed by atoms with Crippen molar-refractivity contribution in [2.45, 2.75) is 43.8 Å². The van der Waals surface area contributed by atoms with Crippen LogP contribution in [0, 0.1) is 0 Å². The summed E-state index contributed by atoms with van der Waals surface area (Å²) in [6, 6.07) is 15.6. The van der Waals surface area contributed by atoms with Crippen molar-refractivity contribution in [1.82, 2.24) is 4.90 Å². The minimum atomic E-state index is -0.636. The summed E-state index contributed by atoms with van der Waals surface area (Å²) in [5.41, 5.74) is 1.66. The molecule has 4 rings (SSSR count). The highest BCUT2D eigenvalue weighted by Crippen LogP contribution is 2.37. The fourth-order valence-corrected chi connectivity index (χ4v) is 4.30. The molecule has 2 aliphatic rings. The molecule has 0 radical (unpaired) electrons. The number of rotatable bonds is 4. The first-order valence-electron chi connectivity index (χ1n) is 9.52. The Bertz CT molecular complexity index is 753.